The van der Waals surface area contributed by atoms with Gasteiger partial charge in [-0.25, -0.2) is 0 Å². The van der Waals surface area contributed by atoms with Crippen LogP contribution in [0.2, 0.25) is 0 Å². The number of aldehydes is 1. The molecule has 0 aliphatic carbocycles. The van der Waals surface area contributed by atoms with Gasteiger partial charge in [0.25, 0.3) is 0 Å². The van der Waals surface area contributed by atoms with Gasteiger partial charge in [-0.05, 0) is 50.8 Å². The Hall–Kier alpha value is -2.67. The minimum atomic E-state index is 0.534. The van der Waals surface area contributed by atoms with Crippen LogP contribution in [0.3, 0.4) is 0 Å². The van der Waals surface area contributed by atoms with Gasteiger partial charge in [-0.1, -0.05) is 96.4 Å². The molecule has 142 valence electrons. The van der Waals surface area contributed by atoms with Gasteiger partial charge in [0.05, 0.1) is 0 Å². The van der Waals surface area contributed by atoms with E-state index in [9.17, 15) is 4.79 Å². The number of carbonyl (C=O) groups is 1. The zero-order chi connectivity index (χ0) is 20.1. The molecular weight excluding hydrogens is 328 g/mol. The highest BCUT2D eigenvalue weighted by Crippen LogP contribution is 2.09. The van der Waals surface area contributed by atoms with E-state index in [1.54, 1.807) is 0 Å². The molecule has 0 saturated heterocycles. The van der Waals surface area contributed by atoms with Crippen LogP contribution in [0.5, 0.6) is 0 Å². The third-order valence-corrected chi connectivity index (χ3v) is 4.23. The van der Waals surface area contributed by atoms with Gasteiger partial charge in [0.1, 0.15) is 6.29 Å². The highest BCUT2D eigenvalue weighted by atomic mass is 16.1. The molecular formula is C26H32O. The molecule has 0 aliphatic rings. The van der Waals surface area contributed by atoms with E-state index in [4.69, 9.17) is 0 Å². The number of carbonyl (C=O) groups excluding carboxylic acids is 1. The molecule has 3 aromatic carbocycles. The number of benzene rings is 3. The maximum atomic E-state index is 10.2. The number of hydrogen-bond donors (Lipinski definition) is 0. The van der Waals surface area contributed by atoms with Gasteiger partial charge in [-0.15, -0.1) is 0 Å². The van der Waals surface area contributed by atoms with Crippen molar-refractivity contribution in [3.8, 4) is 0 Å². The molecule has 0 unspecified atom stereocenters. The van der Waals surface area contributed by atoms with Crippen molar-refractivity contribution in [2.45, 2.75) is 47.5 Å². The Morgan fingerprint density at radius 3 is 1.70 bits per heavy atom. The van der Waals surface area contributed by atoms with Crippen molar-refractivity contribution in [1.82, 2.24) is 0 Å². The van der Waals surface area contributed by atoms with E-state index in [2.05, 4.69) is 82.3 Å². The number of hydrogen-bond acceptors (Lipinski definition) is 1. The van der Waals surface area contributed by atoms with Gasteiger partial charge in [0.15, 0.2) is 0 Å². The Morgan fingerprint density at radius 1 is 0.704 bits per heavy atom. The summed E-state index contributed by atoms with van der Waals surface area (Å²) in [6, 6.07) is 25.0. The first-order valence-corrected chi connectivity index (χ1v) is 9.53. The minimum absolute atomic E-state index is 0.534. The third-order valence-electron chi connectivity index (χ3n) is 4.23. The molecule has 3 rings (SSSR count). The smallest absolute Gasteiger partial charge is 0.124 e. The van der Waals surface area contributed by atoms with Crippen LogP contribution in [0.15, 0.2) is 72.8 Å². The van der Waals surface area contributed by atoms with Gasteiger partial charge in [-0.3, -0.25) is 0 Å². The van der Waals surface area contributed by atoms with Crippen LogP contribution in [0.4, 0.5) is 0 Å². The summed E-state index contributed by atoms with van der Waals surface area (Å²) < 4.78 is 0. The van der Waals surface area contributed by atoms with Gasteiger partial charge in [0, 0.05) is 6.42 Å². The van der Waals surface area contributed by atoms with E-state index in [1.165, 1.54) is 27.8 Å². The Balaban J connectivity index is 0.000000206. The molecule has 3 aromatic rings. The van der Waals surface area contributed by atoms with E-state index in [0.29, 0.717) is 6.42 Å². The van der Waals surface area contributed by atoms with Crippen LogP contribution >= 0.6 is 0 Å². The fourth-order valence-electron chi connectivity index (χ4n) is 2.69. The second kappa shape index (κ2) is 12.6. The molecule has 0 bridgehead atoms. The molecule has 0 heterocycles. The number of rotatable bonds is 3. The summed E-state index contributed by atoms with van der Waals surface area (Å²) in [5.41, 5.74) is 7.67. The Morgan fingerprint density at radius 2 is 1.30 bits per heavy atom. The Labute approximate surface area is 165 Å². The van der Waals surface area contributed by atoms with E-state index in [1.807, 2.05) is 25.1 Å². The fraction of sp³-hybridized carbons (Fsp3) is 0.269. The minimum Gasteiger partial charge on any atom is -0.303 e. The van der Waals surface area contributed by atoms with E-state index in [0.717, 1.165) is 18.3 Å². The van der Waals surface area contributed by atoms with Crippen molar-refractivity contribution in [3.05, 3.63) is 106 Å². The first-order valence-electron chi connectivity index (χ1n) is 9.53. The van der Waals surface area contributed by atoms with Crippen LogP contribution < -0.4 is 0 Å². The molecule has 0 radical (unpaired) electrons. The lowest BCUT2D eigenvalue weighted by Crippen LogP contribution is -1.90. The normalized spacial score (nSPS) is 9.37. The molecule has 0 fully saturated rings. The molecule has 27 heavy (non-hydrogen) atoms. The summed E-state index contributed by atoms with van der Waals surface area (Å²) in [4.78, 5) is 10.2. The zero-order valence-corrected chi connectivity index (χ0v) is 17.3. The van der Waals surface area contributed by atoms with Crippen molar-refractivity contribution < 1.29 is 4.79 Å². The van der Waals surface area contributed by atoms with Crippen molar-refractivity contribution in [2.75, 3.05) is 0 Å². The van der Waals surface area contributed by atoms with Crippen molar-refractivity contribution in [3.63, 3.8) is 0 Å². The molecule has 0 aliphatic heterocycles. The molecule has 1 nitrogen and oxygen atoms in total. The average Bonchev–Trinajstić information content (AvgIpc) is 2.66. The molecule has 0 aromatic heterocycles. The number of aryl methyl sites for hydroxylation is 5. The predicted octanol–water partition coefficient (Wildman–Crippen LogP) is 6.60. The van der Waals surface area contributed by atoms with Crippen molar-refractivity contribution in [1.29, 1.82) is 0 Å². The maximum absolute atomic E-state index is 10.2. The van der Waals surface area contributed by atoms with Crippen LogP contribution in [-0.2, 0) is 17.6 Å². The highest BCUT2D eigenvalue weighted by molar-refractivity contribution is 5.56. The van der Waals surface area contributed by atoms with Crippen LogP contribution in [-0.4, -0.2) is 6.29 Å². The molecule has 0 spiro atoms. The lowest BCUT2D eigenvalue weighted by molar-refractivity contribution is -0.107. The van der Waals surface area contributed by atoms with E-state index < -0.39 is 0 Å². The first-order chi connectivity index (χ1) is 13.0. The predicted molar refractivity (Wildman–Crippen MR) is 117 cm³/mol. The van der Waals surface area contributed by atoms with Gasteiger partial charge < -0.3 is 4.79 Å². The molecule has 0 N–H and O–H groups in total. The standard InChI is InChI=1S/C10H12O.2C8H10/c1-8-3-4-10(5-6-11)9(2)7-8;1-7-4-3-5-8(2)6-7;1-2-8-6-4-3-5-7-8/h3-4,6-7H,5H2,1-2H3;3-6H,1-2H3;3-7H,2H2,1H3. The molecule has 0 atom stereocenters. The van der Waals surface area contributed by atoms with Crippen molar-refractivity contribution >= 4 is 6.29 Å². The zero-order valence-electron chi connectivity index (χ0n) is 17.3. The first kappa shape index (κ1) is 22.4. The van der Waals surface area contributed by atoms with Gasteiger partial charge in [-0.2, -0.15) is 0 Å². The fourth-order valence-corrected chi connectivity index (χ4v) is 2.69. The summed E-state index contributed by atoms with van der Waals surface area (Å²) in [7, 11) is 0. The monoisotopic (exact) mass is 360 g/mol. The second-order valence-corrected chi connectivity index (χ2v) is 6.80. The van der Waals surface area contributed by atoms with Crippen LogP contribution in [0.1, 0.15) is 40.3 Å². The molecule has 1 heteroatoms. The van der Waals surface area contributed by atoms with Gasteiger partial charge in [0.2, 0.25) is 0 Å². The topological polar surface area (TPSA) is 17.1 Å². The highest BCUT2D eigenvalue weighted by Gasteiger charge is 1.95. The van der Waals surface area contributed by atoms with E-state index in [-0.39, 0.29) is 0 Å². The van der Waals surface area contributed by atoms with Crippen LogP contribution in [0.25, 0.3) is 0 Å². The third kappa shape index (κ3) is 9.55. The van der Waals surface area contributed by atoms with Crippen LogP contribution in [0, 0.1) is 27.7 Å². The average molecular weight is 361 g/mol. The SMILES string of the molecule is CCc1ccccc1.Cc1ccc(CC=O)c(C)c1.Cc1cccc(C)c1. The van der Waals surface area contributed by atoms with Gasteiger partial charge >= 0.3 is 0 Å². The molecule has 0 saturated carbocycles. The summed E-state index contributed by atoms with van der Waals surface area (Å²) >= 11 is 0. The Bertz CT molecular complexity index is 786. The summed E-state index contributed by atoms with van der Waals surface area (Å²) in [6.07, 6.45) is 2.62. The Kier molecular flexibility index (Phi) is 10.5. The quantitative estimate of drug-likeness (QED) is 0.481. The van der Waals surface area contributed by atoms with E-state index >= 15 is 0 Å². The molecule has 0 amide bonds. The lowest BCUT2D eigenvalue weighted by Gasteiger charge is -2.01. The second-order valence-electron chi connectivity index (χ2n) is 6.80. The van der Waals surface area contributed by atoms with Crippen molar-refractivity contribution in [2.24, 2.45) is 0 Å². The summed E-state index contributed by atoms with van der Waals surface area (Å²) in [5, 5.41) is 0. The largest absolute Gasteiger partial charge is 0.303 e. The summed E-state index contributed by atoms with van der Waals surface area (Å²) in [5.74, 6) is 0. The lowest BCUT2D eigenvalue weighted by atomic mass is 10.0. The maximum Gasteiger partial charge on any atom is 0.124 e. The summed E-state index contributed by atoms with van der Waals surface area (Å²) in [6.45, 7) is 10.5.